The second kappa shape index (κ2) is 7.17. The average Bonchev–Trinajstić information content (AvgIpc) is 2.92. The van der Waals surface area contributed by atoms with Crippen LogP contribution >= 0.6 is 0 Å². The van der Waals surface area contributed by atoms with Crippen molar-refractivity contribution in [3.63, 3.8) is 0 Å². The first kappa shape index (κ1) is 18.2. The van der Waals surface area contributed by atoms with Gasteiger partial charge in [0.2, 0.25) is 5.91 Å². The van der Waals surface area contributed by atoms with Crippen LogP contribution in [0.4, 0.5) is 5.82 Å². The lowest BCUT2D eigenvalue weighted by molar-refractivity contribution is -0.117. The number of anilines is 1. The number of amides is 1. The van der Waals surface area contributed by atoms with Crippen molar-refractivity contribution in [2.24, 2.45) is 0 Å². The summed E-state index contributed by atoms with van der Waals surface area (Å²) in [5.41, 5.74) is 0.809. The number of hydrogen-bond donors (Lipinski definition) is 1. The molecule has 0 aliphatic heterocycles. The van der Waals surface area contributed by atoms with Crippen molar-refractivity contribution in [2.45, 2.75) is 32.2 Å². The quantitative estimate of drug-likeness (QED) is 0.831. The zero-order chi connectivity index (χ0) is 17.8. The highest BCUT2D eigenvalue weighted by Crippen LogP contribution is 2.27. The maximum atomic E-state index is 12.3. The number of carbonyl (C=O) groups excluding carboxylic acids is 1. The first-order valence-electron chi connectivity index (χ1n) is 7.72. The van der Waals surface area contributed by atoms with Gasteiger partial charge >= 0.3 is 0 Å². The van der Waals surface area contributed by atoms with Crippen LogP contribution in [0.15, 0.2) is 42.6 Å². The molecule has 0 bridgehead atoms. The number of rotatable bonds is 7. The molecule has 0 fully saturated rings. The predicted octanol–water partition coefficient (Wildman–Crippen LogP) is 2.23. The van der Waals surface area contributed by atoms with E-state index in [1.54, 1.807) is 12.3 Å². The van der Waals surface area contributed by atoms with Crippen molar-refractivity contribution in [2.75, 3.05) is 17.3 Å². The Morgan fingerprint density at radius 2 is 1.88 bits per heavy atom. The molecule has 6 nitrogen and oxygen atoms in total. The average molecular weight is 349 g/mol. The fourth-order valence-corrected chi connectivity index (χ4v) is 2.91. The molecule has 0 unspecified atom stereocenters. The molecule has 7 heteroatoms. The SMILES string of the molecule is CC(C)(CC(=O)Nc1ccn(CCS(C)(=O)=O)n1)c1ccccc1. The molecule has 1 aromatic heterocycles. The highest BCUT2D eigenvalue weighted by atomic mass is 32.2. The third-order valence-electron chi connectivity index (χ3n) is 3.76. The van der Waals surface area contributed by atoms with Gasteiger partial charge in [-0.1, -0.05) is 44.2 Å². The van der Waals surface area contributed by atoms with Crippen molar-refractivity contribution < 1.29 is 13.2 Å². The van der Waals surface area contributed by atoms with Gasteiger partial charge in [-0.25, -0.2) is 8.42 Å². The third-order valence-corrected chi connectivity index (χ3v) is 4.68. The molecule has 1 aromatic carbocycles. The fourth-order valence-electron chi connectivity index (χ4n) is 2.39. The van der Waals surface area contributed by atoms with E-state index in [9.17, 15) is 13.2 Å². The van der Waals surface area contributed by atoms with Gasteiger partial charge in [-0.3, -0.25) is 9.48 Å². The zero-order valence-corrected chi connectivity index (χ0v) is 15.0. The number of nitrogens with zero attached hydrogens (tertiary/aromatic N) is 2. The molecule has 0 saturated heterocycles. The first-order valence-corrected chi connectivity index (χ1v) is 9.78. The van der Waals surface area contributed by atoms with Gasteiger partial charge in [-0.15, -0.1) is 0 Å². The molecule has 1 heterocycles. The molecule has 2 rings (SSSR count). The van der Waals surface area contributed by atoms with Crippen LogP contribution in [0.25, 0.3) is 0 Å². The van der Waals surface area contributed by atoms with Gasteiger partial charge in [-0.2, -0.15) is 5.10 Å². The van der Waals surface area contributed by atoms with Crippen LogP contribution in [0, 0.1) is 0 Å². The molecule has 0 spiro atoms. The molecule has 0 aliphatic carbocycles. The van der Waals surface area contributed by atoms with Gasteiger partial charge in [0.15, 0.2) is 5.82 Å². The first-order chi connectivity index (χ1) is 11.2. The third kappa shape index (κ3) is 5.49. The minimum atomic E-state index is -3.04. The number of aryl methyl sites for hydroxylation is 1. The number of aromatic nitrogens is 2. The molecule has 24 heavy (non-hydrogen) atoms. The van der Waals surface area contributed by atoms with E-state index in [-0.39, 0.29) is 23.6 Å². The Labute approximate surface area is 142 Å². The van der Waals surface area contributed by atoms with Crippen LogP contribution in [0.3, 0.4) is 0 Å². The highest BCUT2D eigenvalue weighted by molar-refractivity contribution is 7.90. The summed E-state index contributed by atoms with van der Waals surface area (Å²) in [6, 6.07) is 11.5. The summed E-state index contributed by atoms with van der Waals surface area (Å²) in [5.74, 6) is 0.318. The number of benzene rings is 1. The molecule has 1 amide bonds. The maximum absolute atomic E-state index is 12.3. The van der Waals surface area contributed by atoms with Crippen LogP contribution in [-0.4, -0.2) is 36.1 Å². The van der Waals surface area contributed by atoms with E-state index in [0.29, 0.717) is 12.2 Å². The molecular formula is C17H23N3O3S. The summed E-state index contributed by atoms with van der Waals surface area (Å²) < 4.78 is 23.9. The number of sulfone groups is 1. The number of hydrogen-bond acceptors (Lipinski definition) is 4. The molecular weight excluding hydrogens is 326 g/mol. The zero-order valence-electron chi connectivity index (χ0n) is 14.2. The largest absolute Gasteiger partial charge is 0.309 e. The van der Waals surface area contributed by atoms with Crippen molar-refractivity contribution in [3.05, 3.63) is 48.2 Å². The monoisotopic (exact) mass is 349 g/mol. The van der Waals surface area contributed by atoms with Crippen LogP contribution in [0.5, 0.6) is 0 Å². The van der Waals surface area contributed by atoms with Crippen LogP contribution < -0.4 is 5.32 Å². The van der Waals surface area contributed by atoms with Gasteiger partial charge in [-0.05, 0) is 11.0 Å². The van der Waals surface area contributed by atoms with E-state index in [1.807, 2.05) is 44.2 Å². The summed E-state index contributed by atoms with van der Waals surface area (Å²) in [6.45, 7) is 4.31. The molecule has 0 aliphatic rings. The number of nitrogens with one attached hydrogen (secondary N) is 1. The van der Waals surface area contributed by atoms with E-state index in [1.165, 1.54) is 10.9 Å². The summed E-state index contributed by atoms with van der Waals surface area (Å²) in [6.07, 6.45) is 3.17. The second-order valence-electron chi connectivity index (χ2n) is 6.57. The lowest BCUT2D eigenvalue weighted by Gasteiger charge is -2.24. The lowest BCUT2D eigenvalue weighted by Crippen LogP contribution is -2.26. The van der Waals surface area contributed by atoms with Crippen molar-refractivity contribution in [1.82, 2.24) is 9.78 Å². The van der Waals surface area contributed by atoms with Crippen molar-refractivity contribution in [3.8, 4) is 0 Å². The van der Waals surface area contributed by atoms with Gasteiger partial charge in [0.25, 0.3) is 0 Å². The normalized spacial score (nSPS) is 12.1. The van der Waals surface area contributed by atoms with E-state index < -0.39 is 9.84 Å². The topological polar surface area (TPSA) is 81.1 Å². The molecule has 1 N–H and O–H groups in total. The molecule has 2 aromatic rings. The number of carbonyl (C=O) groups is 1. The Balaban J connectivity index is 1.94. The summed E-state index contributed by atoms with van der Waals surface area (Å²) in [7, 11) is -3.04. The van der Waals surface area contributed by atoms with Crippen LogP contribution in [0.2, 0.25) is 0 Å². The van der Waals surface area contributed by atoms with E-state index >= 15 is 0 Å². The lowest BCUT2D eigenvalue weighted by atomic mass is 9.81. The predicted molar refractivity (Wildman–Crippen MR) is 94.7 cm³/mol. The van der Waals surface area contributed by atoms with Crippen molar-refractivity contribution in [1.29, 1.82) is 0 Å². The van der Waals surface area contributed by atoms with Gasteiger partial charge < -0.3 is 5.32 Å². The summed E-state index contributed by atoms with van der Waals surface area (Å²) in [4.78, 5) is 12.3. The van der Waals surface area contributed by atoms with Gasteiger partial charge in [0.05, 0.1) is 12.3 Å². The summed E-state index contributed by atoms with van der Waals surface area (Å²) in [5, 5.41) is 6.94. The molecule has 0 radical (unpaired) electrons. The van der Waals surface area contributed by atoms with Crippen LogP contribution in [-0.2, 0) is 26.6 Å². The Bertz CT molecular complexity index is 795. The molecule has 0 atom stereocenters. The van der Waals surface area contributed by atoms with Gasteiger partial charge in [0, 0.05) is 24.9 Å². The standard InChI is InChI=1S/C17H23N3O3S/c1-17(2,14-7-5-4-6-8-14)13-16(21)18-15-9-10-20(19-15)11-12-24(3,22)23/h4-10H,11-13H2,1-3H3,(H,18,19,21). The van der Waals surface area contributed by atoms with E-state index in [2.05, 4.69) is 10.4 Å². The van der Waals surface area contributed by atoms with E-state index in [0.717, 1.165) is 5.56 Å². The smallest absolute Gasteiger partial charge is 0.226 e. The van der Waals surface area contributed by atoms with Crippen LogP contribution in [0.1, 0.15) is 25.8 Å². The minimum absolute atomic E-state index is 0.0170. The Morgan fingerprint density at radius 1 is 1.21 bits per heavy atom. The van der Waals surface area contributed by atoms with E-state index in [4.69, 9.17) is 0 Å². The fraction of sp³-hybridized carbons (Fsp3) is 0.412. The highest BCUT2D eigenvalue weighted by Gasteiger charge is 2.24. The Morgan fingerprint density at radius 3 is 2.50 bits per heavy atom. The molecule has 0 saturated carbocycles. The Kier molecular flexibility index (Phi) is 5.43. The minimum Gasteiger partial charge on any atom is -0.309 e. The molecule has 130 valence electrons. The Hall–Kier alpha value is -2.15. The second-order valence-corrected chi connectivity index (χ2v) is 8.83. The van der Waals surface area contributed by atoms with Crippen molar-refractivity contribution >= 4 is 21.6 Å². The van der Waals surface area contributed by atoms with Gasteiger partial charge in [0.1, 0.15) is 9.84 Å². The maximum Gasteiger partial charge on any atom is 0.226 e. The summed E-state index contributed by atoms with van der Waals surface area (Å²) >= 11 is 0.